The van der Waals surface area contributed by atoms with Crippen LogP contribution in [0.4, 0.5) is 5.69 Å². The molecule has 1 aromatic heterocycles. The first-order chi connectivity index (χ1) is 16.3. The molecule has 3 rings (SSSR count). The minimum Gasteiger partial charge on any atom is -0.483 e. The highest BCUT2D eigenvalue weighted by Gasteiger charge is 2.15. The van der Waals surface area contributed by atoms with Crippen LogP contribution in [-0.4, -0.2) is 38.9 Å². The van der Waals surface area contributed by atoms with Crippen LogP contribution >= 0.6 is 23.4 Å². The van der Waals surface area contributed by atoms with E-state index < -0.39 is 0 Å². The SMILES string of the molecule is CCn1c(CNC(=O)COc2c(C)cccc2C)nnc1SCC(=O)Nc1ccc(Cl)c(C)c1. The fourth-order valence-electron chi connectivity index (χ4n) is 3.32. The lowest BCUT2D eigenvalue weighted by Gasteiger charge is -2.12. The van der Waals surface area contributed by atoms with Gasteiger partial charge in [-0.25, -0.2) is 0 Å². The van der Waals surface area contributed by atoms with Gasteiger partial charge in [-0.15, -0.1) is 10.2 Å². The van der Waals surface area contributed by atoms with E-state index in [0.29, 0.717) is 28.2 Å². The number of benzene rings is 2. The smallest absolute Gasteiger partial charge is 0.258 e. The van der Waals surface area contributed by atoms with E-state index >= 15 is 0 Å². The number of nitrogens with one attached hydrogen (secondary N) is 2. The van der Waals surface area contributed by atoms with Gasteiger partial charge in [-0.05, 0) is 62.6 Å². The van der Waals surface area contributed by atoms with Gasteiger partial charge in [0.25, 0.3) is 5.91 Å². The Kier molecular flexibility index (Phi) is 8.95. The highest BCUT2D eigenvalue weighted by Crippen LogP contribution is 2.23. The standard InChI is InChI=1S/C24H28ClN5O3S/c1-5-30-20(12-26-21(31)13-33-23-15(2)7-6-8-16(23)3)28-29-24(30)34-14-22(32)27-18-9-10-19(25)17(4)11-18/h6-11H,5,12-14H2,1-4H3,(H,26,31)(H,27,32). The first-order valence-electron chi connectivity index (χ1n) is 10.8. The summed E-state index contributed by atoms with van der Waals surface area (Å²) in [6.07, 6.45) is 0. The van der Waals surface area contributed by atoms with Gasteiger partial charge in [0.1, 0.15) is 5.75 Å². The summed E-state index contributed by atoms with van der Waals surface area (Å²) in [6, 6.07) is 11.2. The van der Waals surface area contributed by atoms with E-state index in [1.807, 2.05) is 56.5 Å². The number of thioether (sulfide) groups is 1. The monoisotopic (exact) mass is 501 g/mol. The van der Waals surface area contributed by atoms with Crippen molar-refractivity contribution in [3.8, 4) is 5.75 Å². The van der Waals surface area contributed by atoms with Crippen LogP contribution in [0.1, 0.15) is 29.4 Å². The molecule has 0 unspecified atom stereocenters. The molecule has 0 saturated heterocycles. The molecule has 10 heteroatoms. The van der Waals surface area contributed by atoms with Gasteiger partial charge in [0.2, 0.25) is 5.91 Å². The fourth-order valence-corrected chi connectivity index (χ4v) is 4.26. The molecule has 0 fully saturated rings. The summed E-state index contributed by atoms with van der Waals surface area (Å²) in [6.45, 7) is 8.47. The molecular formula is C24H28ClN5O3S. The molecular weight excluding hydrogens is 474 g/mol. The van der Waals surface area contributed by atoms with E-state index in [9.17, 15) is 9.59 Å². The number of aryl methyl sites for hydroxylation is 3. The summed E-state index contributed by atoms with van der Waals surface area (Å²) in [5.41, 5.74) is 3.55. The number of nitrogens with zero attached hydrogens (tertiary/aromatic N) is 3. The Bertz CT molecular complexity index is 1160. The van der Waals surface area contributed by atoms with Crippen molar-refractivity contribution in [3.05, 3.63) is 63.9 Å². The van der Waals surface area contributed by atoms with Crippen LogP contribution in [0.5, 0.6) is 5.75 Å². The predicted molar refractivity (Wildman–Crippen MR) is 134 cm³/mol. The summed E-state index contributed by atoms with van der Waals surface area (Å²) in [5, 5.41) is 15.3. The average Bonchev–Trinajstić information content (AvgIpc) is 3.20. The molecule has 180 valence electrons. The molecule has 2 N–H and O–H groups in total. The zero-order valence-electron chi connectivity index (χ0n) is 19.6. The third-order valence-corrected chi connectivity index (χ3v) is 6.47. The van der Waals surface area contributed by atoms with Crippen LogP contribution in [0.25, 0.3) is 0 Å². The van der Waals surface area contributed by atoms with Crippen LogP contribution in [0, 0.1) is 20.8 Å². The molecule has 0 atom stereocenters. The lowest BCUT2D eigenvalue weighted by Crippen LogP contribution is -2.29. The molecule has 1 heterocycles. The molecule has 34 heavy (non-hydrogen) atoms. The maximum Gasteiger partial charge on any atom is 0.258 e. The fraction of sp³-hybridized carbons (Fsp3) is 0.333. The minimum absolute atomic E-state index is 0.0854. The van der Waals surface area contributed by atoms with Gasteiger partial charge in [-0.2, -0.15) is 0 Å². The number of aromatic nitrogens is 3. The summed E-state index contributed by atoms with van der Waals surface area (Å²) in [7, 11) is 0. The summed E-state index contributed by atoms with van der Waals surface area (Å²) >= 11 is 7.32. The lowest BCUT2D eigenvalue weighted by atomic mass is 10.1. The van der Waals surface area contributed by atoms with Gasteiger partial charge in [-0.1, -0.05) is 41.6 Å². The Morgan fingerprint density at radius 3 is 2.47 bits per heavy atom. The molecule has 0 bridgehead atoms. The zero-order chi connectivity index (χ0) is 24.7. The molecule has 0 aliphatic carbocycles. The molecule has 2 aromatic carbocycles. The molecule has 0 spiro atoms. The van der Waals surface area contributed by atoms with Crippen molar-refractivity contribution >= 4 is 40.9 Å². The number of para-hydroxylation sites is 1. The van der Waals surface area contributed by atoms with Crippen molar-refractivity contribution in [3.63, 3.8) is 0 Å². The van der Waals surface area contributed by atoms with Crippen LogP contribution in [0.15, 0.2) is 41.6 Å². The Hall–Kier alpha value is -3.04. The van der Waals surface area contributed by atoms with E-state index in [1.165, 1.54) is 11.8 Å². The zero-order valence-corrected chi connectivity index (χ0v) is 21.2. The van der Waals surface area contributed by atoms with E-state index in [4.69, 9.17) is 16.3 Å². The Morgan fingerprint density at radius 1 is 1.06 bits per heavy atom. The molecule has 3 aromatic rings. The molecule has 0 saturated carbocycles. The number of carbonyl (C=O) groups excluding carboxylic acids is 2. The van der Waals surface area contributed by atoms with Crippen molar-refractivity contribution in [2.75, 3.05) is 17.7 Å². The summed E-state index contributed by atoms with van der Waals surface area (Å²) in [4.78, 5) is 24.6. The number of ether oxygens (including phenoxy) is 1. The van der Waals surface area contributed by atoms with Crippen molar-refractivity contribution < 1.29 is 14.3 Å². The van der Waals surface area contributed by atoms with Crippen molar-refractivity contribution in [2.24, 2.45) is 0 Å². The number of halogens is 1. The van der Waals surface area contributed by atoms with Crippen molar-refractivity contribution in [1.82, 2.24) is 20.1 Å². The highest BCUT2D eigenvalue weighted by atomic mass is 35.5. The lowest BCUT2D eigenvalue weighted by molar-refractivity contribution is -0.123. The van der Waals surface area contributed by atoms with Gasteiger partial charge in [0.05, 0.1) is 12.3 Å². The topological polar surface area (TPSA) is 98.1 Å². The number of rotatable bonds is 10. The third-order valence-electron chi connectivity index (χ3n) is 5.08. The number of anilines is 1. The first kappa shape index (κ1) is 25.6. The summed E-state index contributed by atoms with van der Waals surface area (Å²) < 4.78 is 7.57. The Labute approximate surface area is 208 Å². The predicted octanol–water partition coefficient (Wildman–Crippen LogP) is 4.30. The van der Waals surface area contributed by atoms with E-state index in [0.717, 1.165) is 22.4 Å². The van der Waals surface area contributed by atoms with Crippen LogP contribution in [0.2, 0.25) is 5.02 Å². The van der Waals surface area contributed by atoms with E-state index in [-0.39, 0.29) is 30.7 Å². The maximum atomic E-state index is 12.3. The molecule has 0 radical (unpaired) electrons. The van der Waals surface area contributed by atoms with Gasteiger partial charge >= 0.3 is 0 Å². The average molecular weight is 502 g/mol. The maximum absolute atomic E-state index is 12.3. The second-order valence-electron chi connectivity index (χ2n) is 7.73. The van der Waals surface area contributed by atoms with Crippen LogP contribution in [0.3, 0.4) is 0 Å². The summed E-state index contributed by atoms with van der Waals surface area (Å²) in [5.74, 6) is 1.10. The van der Waals surface area contributed by atoms with Crippen molar-refractivity contribution in [1.29, 1.82) is 0 Å². The Morgan fingerprint density at radius 2 is 1.79 bits per heavy atom. The van der Waals surface area contributed by atoms with Gasteiger partial charge < -0.3 is 19.9 Å². The highest BCUT2D eigenvalue weighted by molar-refractivity contribution is 7.99. The number of amides is 2. The number of hydrogen-bond acceptors (Lipinski definition) is 6. The normalized spacial score (nSPS) is 10.7. The number of carbonyl (C=O) groups is 2. The first-order valence-corrected chi connectivity index (χ1v) is 12.2. The van der Waals surface area contributed by atoms with Gasteiger partial charge in [0.15, 0.2) is 17.6 Å². The molecule has 0 aliphatic rings. The van der Waals surface area contributed by atoms with E-state index in [2.05, 4.69) is 20.8 Å². The molecule has 0 aliphatic heterocycles. The Balaban J connectivity index is 1.50. The molecule has 2 amide bonds. The van der Waals surface area contributed by atoms with Crippen LogP contribution < -0.4 is 15.4 Å². The number of hydrogen-bond donors (Lipinski definition) is 2. The van der Waals surface area contributed by atoms with Crippen LogP contribution in [-0.2, 0) is 22.7 Å². The largest absolute Gasteiger partial charge is 0.483 e. The second kappa shape index (κ2) is 11.9. The second-order valence-corrected chi connectivity index (χ2v) is 9.08. The quantitative estimate of drug-likeness (QED) is 0.402. The van der Waals surface area contributed by atoms with Crippen molar-refractivity contribution in [2.45, 2.75) is 45.9 Å². The third kappa shape index (κ3) is 6.74. The van der Waals surface area contributed by atoms with Gasteiger partial charge in [-0.3, -0.25) is 9.59 Å². The van der Waals surface area contributed by atoms with E-state index in [1.54, 1.807) is 12.1 Å². The minimum atomic E-state index is -0.250. The molecule has 8 nitrogen and oxygen atoms in total. The van der Waals surface area contributed by atoms with Gasteiger partial charge in [0, 0.05) is 17.3 Å².